The average molecular weight is 500 g/mol. The molecule has 0 unspecified atom stereocenters. The van der Waals surface area contributed by atoms with E-state index in [-0.39, 0.29) is 11.6 Å². The van der Waals surface area contributed by atoms with Crippen molar-refractivity contribution in [3.63, 3.8) is 0 Å². The second-order valence-electron chi connectivity index (χ2n) is 8.30. The molecular formula is C25H26F6N2O2. The summed E-state index contributed by atoms with van der Waals surface area (Å²) >= 11 is 0. The van der Waals surface area contributed by atoms with E-state index in [9.17, 15) is 31.1 Å². The lowest BCUT2D eigenvalue weighted by atomic mass is 10.0. The van der Waals surface area contributed by atoms with Crippen LogP contribution in [0.4, 0.5) is 26.3 Å². The van der Waals surface area contributed by atoms with Crippen LogP contribution in [0, 0.1) is 0 Å². The van der Waals surface area contributed by atoms with E-state index in [1.807, 2.05) is 31.2 Å². The molecule has 0 atom stereocenters. The second-order valence-corrected chi connectivity index (χ2v) is 8.30. The molecule has 0 aliphatic heterocycles. The molecule has 0 aliphatic carbocycles. The third kappa shape index (κ3) is 6.70. The van der Waals surface area contributed by atoms with Gasteiger partial charge in [-0.3, -0.25) is 9.13 Å². The Bertz CT molecular complexity index is 1160. The van der Waals surface area contributed by atoms with Crippen LogP contribution in [-0.2, 0) is 38.3 Å². The van der Waals surface area contributed by atoms with Crippen LogP contribution in [0.5, 0.6) is 5.75 Å². The van der Waals surface area contributed by atoms with Crippen LogP contribution in [0.2, 0.25) is 0 Å². The van der Waals surface area contributed by atoms with Gasteiger partial charge >= 0.3 is 18.0 Å². The summed E-state index contributed by atoms with van der Waals surface area (Å²) in [6, 6.07) is 8.97. The maximum atomic E-state index is 13.2. The molecule has 10 heteroatoms. The van der Waals surface area contributed by atoms with Crippen LogP contribution >= 0.6 is 0 Å². The fourth-order valence-corrected chi connectivity index (χ4v) is 3.93. The number of hydrogen-bond donors (Lipinski definition) is 0. The molecule has 0 saturated heterocycles. The number of ether oxygens (including phenoxy) is 1. The van der Waals surface area contributed by atoms with Crippen molar-refractivity contribution in [2.45, 2.75) is 58.0 Å². The van der Waals surface area contributed by atoms with Crippen molar-refractivity contribution < 1.29 is 31.1 Å². The number of aromatic nitrogens is 2. The van der Waals surface area contributed by atoms with Gasteiger partial charge in [0, 0.05) is 18.4 Å². The summed E-state index contributed by atoms with van der Waals surface area (Å²) in [4.78, 5) is 12.9. The number of imidazole rings is 1. The molecule has 2 aromatic carbocycles. The molecule has 0 aliphatic rings. The maximum Gasteiger partial charge on any atom is 0.416 e. The van der Waals surface area contributed by atoms with Gasteiger partial charge in [-0.15, -0.1) is 0 Å². The highest BCUT2D eigenvalue weighted by molar-refractivity contribution is 5.34. The number of hydrogen-bond acceptors (Lipinski definition) is 2. The minimum atomic E-state index is -4.94. The molecule has 0 spiro atoms. The number of benzene rings is 2. The molecule has 3 aromatic rings. The van der Waals surface area contributed by atoms with E-state index in [2.05, 4.69) is 0 Å². The van der Waals surface area contributed by atoms with Gasteiger partial charge in [-0.2, -0.15) is 26.3 Å². The predicted molar refractivity (Wildman–Crippen MR) is 120 cm³/mol. The third-order valence-electron chi connectivity index (χ3n) is 5.63. The standard InChI is InChI=1S/C25H26F6N2O2/c1-3-11-33-21(6-4-5-17-7-9-22(35-2)10-8-17)16-32(23(33)34)15-18-12-19(24(26,27)28)14-20(13-18)25(29,30)31/h7-10,12-14,16H,3-6,11,15H2,1-2H3. The lowest BCUT2D eigenvalue weighted by Crippen LogP contribution is -2.25. The molecule has 3 rings (SSSR count). The van der Waals surface area contributed by atoms with Crippen LogP contribution in [0.15, 0.2) is 53.5 Å². The summed E-state index contributed by atoms with van der Waals surface area (Å²) in [5, 5.41) is 0. The van der Waals surface area contributed by atoms with E-state index in [4.69, 9.17) is 4.74 Å². The van der Waals surface area contributed by atoms with Crippen molar-refractivity contribution in [2.24, 2.45) is 0 Å². The molecule has 0 amide bonds. The topological polar surface area (TPSA) is 36.2 Å². The highest BCUT2D eigenvalue weighted by atomic mass is 19.4. The minimum Gasteiger partial charge on any atom is -0.497 e. The quantitative estimate of drug-likeness (QED) is 0.322. The SMILES string of the molecule is CCCn1c(CCCc2ccc(OC)cc2)cn(Cc2cc(C(F)(F)F)cc(C(F)(F)F)c2)c1=O. The number of halogens is 6. The van der Waals surface area contributed by atoms with Crippen molar-refractivity contribution in [1.29, 1.82) is 0 Å². The molecular weight excluding hydrogens is 474 g/mol. The lowest BCUT2D eigenvalue weighted by Gasteiger charge is -2.14. The van der Waals surface area contributed by atoms with Gasteiger partial charge in [0.05, 0.1) is 24.8 Å². The number of aryl methyl sites for hydroxylation is 2. The smallest absolute Gasteiger partial charge is 0.416 e. The van der Waals surface area contributed by atoms with Gasteiger partial charge in [0.1, 0.15) is 5.75 Å². The van der Waals surface area contributed by atoms with Gasteiger partial charge in [-0.1, -0.05) is 19.1 Å². The normalized spacial score (nSPS) is 12.2. The van der Waals surface area contributed by atoms with Gasteiger partial charge in [-0.05, 0) is 67.1 Å². The van der Waals surface area contributed by atoms with Gasteiger partial charge in [0.2, 0.25) is 0 Å². The molecule has 1 aromatic heterocycles. The zero-order valence-electron chi connectivity index (χ0n) is 19.3. The Morgan fingerprint density at radius 3 is 1.97 bits per heavy atom. The van der Waals surface area contributed by atoms with E-state index in [0.29, 0.717) is 43.6 Å². The Morgan fingerprint density at radius 2 is 1.46 bits per heavy atom. The van der Waals surface area contributed by atoms with Crippen LogP contribution in [0.1, 0.15) is 47.7 Å². The van der Waals surface area contributed by atoms with E-state index in [1.54, 1.807) is 7.11 Å². The lowest BCUT2D eigenvalue weighted by molar-refractivity contribution is -0.143. The molecule has 0 N–H and O–H groups in total. The first kappa shape index (κ1) is 26.4. The molecule has 35 heavy (non-hydrogen) atoms. The largest absolute Gasteiger partial charge is 0.497 e. The average Bonchev–Trinajstić information content (AvgIpc) is 3.07. The highest BCUT2D eigenvalue weighted by Gasteiger charge is 2.37. The Kier molecular flexibility index (Phi) is 8.02. The summed E-state index contributed by atoms with van der Waals surface area (Å²) in [5.74, 6) is 0.742. The second kappa shape index (κ2) is 10.6. The van der Waals surface area contributed by atoms with Crippen LogP contribution in [0.3, 0.4) is 0 Å². The van der Waals surface area contributed by atoms with Crippen LogP contribution in [0.25, 0.3) is 0 Å². The fourth-order valence-electron chi connectivity index (χ4n) is 3.93. The maximum absolute atomic E-state index is 13.2. The van der Waals surface area contributed by atoms with Crippen LogP contribution < -0.4 is 10.4 Å². The van der Waals surface area contributed by atoms with E-state index < -0.39 is 35.7 Å². The zero-order chi connectivity index (χ0) is 25.8. The molecule has 190 valence electrons. The summed E-state index contributed by atoms with van der Waals surface area (Å²) in [6.07, 6.45) is -5.73. The summed E-state index contributed by atoms with van der Waals surface area (Å²) < 4.78 is 87.0. The van der Waals surface area contributed by atoms with Crippen molar-refractivity contribution in [3.8, 4) is 5.75 Å². The fraction of sp³-hybridized carbons (Fsp3) is 0.400. The Labute approximate surface area is 198 Å². The molecule has 0 saturated carbocycles. The van der Waals surface area contributed by atoms with Crippen molar-refractivity contribution in [1.82, 2.24) is 9.13 Å². The molecule has 0 fully saturated rings. The van der Waals surface area contributed by atoms with Gasteiger partial charge < -0.3 is 4.74 Å². The number of rotatable bonds is 9. The Morgan fingerprint density at radius 1 is 0.857 bits per heavy atom. The first-order chi connectivity index (χ1) is 16.4. The first-order valence-electron chi connectivity index (χ1n) is 11.1. The van der Waals surface area contributed by atoms with Gasteiger partial charge in [-0.25, -0.2) is 4.79 Å². The molecule has 0 bridgehead atoms. The summed E-state index contributed by atoms with van der Waals surface area (Å²) in [6.45, 7) is 1.89. The van der Waals surface area contributed by atoms with Gasteiger partial charge in [0.25, 0.3) is 0 Å². The number of methoxy groups -OCH3 is 1. The predicted octanol–water partition coefficient (Wildman–Crippen LogP) is 6.33. The third-order valence-corrected chi connectivity index (χ3v) is 5.63. The summed E-state index contributed by atoms with van der Waals surface area (Å²) in [7, 11) is 1.58. The number of alkyl halides is 6. The van der Waals surface area contributed by atoms with Crippen molar-refractivity contribution in [3.05, 3.63) is 87.1 Å². The van der Waals surface area contributed by atoms with E-state index in [1.165, 1.54) is 15.3 Å². The van der Waals surface area contributed by atoms with Crippen LogP contribution in [-0.4, -0.2) is 16.2 Å². The number of nitrogens with zero attached hydrogens (tertiary/aromatic N) is 2. The Hall–Kier alpha value is -3.17. The van der Waals surface area contributed by atoms with E-state index in [0.717, 1.165) is 17.7 Å². The molecule has 1 heterocycles. The summed E-state index contributed by atoms with van der Waals surface area (Å²) in [5.41, 5.74) is -1.73. The van der Waals surface area contributed by atoms with Gasteiger partial charge in [0.15, 0.2) is 0 Å². The highest BCUT2D eigenvalue weighted by Crippen LogP contribution is 2.36. The minimum absolute atomic E-state index is 0.0825. The molecule has 4 nitrogen and oxygen atoms in total. The molecule has 0 radical (unpaired) electrons. The zero-order valence-corrected chi connectivity index (χ0v) is 19.3. The Balaban J connectivity index is 1.85. The monoisotopic (exact) mass is 500 g/mol. The van der Waals surface area contributed by atoms with E-state index >= 15 is 0 Å². The van der Waals surface area contributed by atoms with Crippen molar-refractivity contribution >= 4 is 0 Å². The van der Waals surface area contributed by atoms with Crippen molar-refractivity contribution in [2.75, 3.05) is 7.11 Å². The first-order valence-corrected chi connectivity index (χ1v) is 11.1.